The number of nitrogens with one attached hydrogen (secondary N) is 2. The number of amides is 2. The van der Waals surface area contributed by atoms with Gasteiger partial charge in [0, 0.05) is 30.7 Å². The number of Topliss-reactive ketones (excluding diaryl/α,β-unsaturated/α-hetero) is 1. The van der Waals surface area contributed by atoms with Gasteiger partial charge in [0.25, 0.3) is 17.6 Å². The Hall–Kier alpha value is -2.51. The van der Waals surface area contributed by atoms with Gasteiger partial charge in [-0.05, 0) is 44.6 Å². The van der Waals surface area contributed by atoms with Crippen molar-refractivity contribution in [2.24, 2.45) is 0 Å². The topological polar surface area (TPSA) is 84.5 Å². The van der Waals surface area contributed by atoms with Crippen LogP contribution < -0.4 is 10.6 Å². The first kappa shape index (κ1) is 21.2. The fourth-order valence-corrected chi connectivity index (χ4v) is 4.68. The van der Waals surface area contributed by atoms with E-state index in [2.05, 4.69) is 10.6 Å². The fourth-order valence-electron chi connectivity index (χ4n) is 3.40. The highest BCUT2D eigenvalue weighted by atomic mass is 32.1. The third kappa shape index (κ3) is 5.10. The number of methoxy groups -OCH3 is 1. The van der Waals surface area contributed by atoms with Crippen LogP contribution in [0.1, 0.15) is 56.0 Å². The minimum Gasteiger partial charge on any atom is -0.385 e. The first-order chi connectivity index (χ1) is 14.0. The molecule has 0 atom stereocenters. The van der Waals surface area contributed by atoms with E-state index in [-0.39, 0.29) is 5.91 Å². The Balaban J connectivity index is 1.79. The summed E-state index contributed by atoms with van der Waals surface area (Å²) in [5, 5.41) is 6.07. The van der Waals surface area contributed by atoms with Crippen molar-refractivity contribution in [3.63, 3.8) is 0 Å². The van der Waals surface area contributed by atoms with Crippen molar-refractivity contribution >= 4 is 33.9 Å². The molecule has 1 aromatic carbocycles. The molecule has 29 heavy (non-hydrogen) atoms. The number of hydrogen-bond donors (Lipinski definition) is 2. The summed E-state index contributed by atoms with van der Waals surface area (Å²) in [6, 6.07) is 6.87. The molecule has 0 aliphatic heterocycles. The zero-order chi connectivity index (χ0) is 20.8. The third-order valence-corrected chi connectivity index (χ3v) is 6.16. The van der Waals surface area contributed by atoms with Crippen molar-refractivity contribution in [2.75, 3.05) is 25.6 Å². The van der Waals surface area contributed by atoms with Crippen LogP contribution in [-0.2, 0) is 22.4 Å². The van der Waals surface area contributed by atoms with E-state index in [0.717, 1.165) is 41.7 Å². The molecule has 7 heteroatoms. The van der Waals surface area contributed by atoms with E-state index < -0.39 is 11.7 Å². The molecule has 3 rings (SSSR count). The fraction of sp³-hybridized carbons (Fsp3) is 0.409. The minimum absolute atomic E-state index is 0.210. The molecule has 1 heterocycles. The highest BCUT2D eigenvalue weighted by molar-refractivity contribution is 7.17. The Kier molecular flexibility index (Phi) is 7.17. The highest BCUT2D eigenvalue weighted by Gasteiger charge is 2.27. The van der Waals surface area contributed by atoms with Gasteiger partial charge in [0.05, 0.1) is 5.56 Å². The molecule has 0 bridgehead atoms. The molecule has 0 radical (unpaired) electrons. The Morgan fingerprint density at radius 2 is 1.83 bits per heavy atom. The summed E-state index contributed by atoms with van der Waals surface area (Å²) in [4.78, 5) is 39.0. The third-order valence-electron chi connectivity index (χ3n) is 4.96. The van der Waals surface area contributed by atoms with Crippen LogP contribution in [0.4, 0.5) is 5.00 Å². The van der Waals surface area contributed by atoms with Gasteiger partial charge in [0.1, 0.15) is 5.00 Å². The lowest BCUT2D eigenvalue weighted by Gasteiger charge is -2.13. The first-order valence-corrected chi connectivity index (χ1v) is 10.7. The summed E-state index contributed by atoms with van der Waals surface area (Å²) >= 11 is 1.41. The molecule has 2 aromatic rings. The highest BCUT2D eigenvalue weighted by Crippen LogP contribution is 2.38. The Labute approximate surface area is 174 Å². The molecule has 2 amide bonds. The van der Waals surface area contributed by atoms with Crippen molar-refractivity contribution in [3.8, 4) is 0 Å². The molecule has 6 nitrogen and oxygen atoms in total. The first-order valence-electron chi connectivity index (χ1n) is 9.85. The van der Waals surface area contributed by atoms with E-state index in [9.17, 15) is 14.4 Å². The zero-order valence-electron chi connectivity index (χ0n) is 16.8. The van der Waals surface area contributed by atoms with Gasteiger partial charge in [-0.2, -0.15) is 0 Å². The lowest BCUT2D eigenvalue weighted by molar-refractivity contribution is -0.112. The van der Waals surface area contributed by atoms with Crippen molar-refractivity contribution < 1.29 is 19.1 Å². The molecule has 1 aromatic heterocycles. The maximum absolute atomic E-state index is 12.8. The number of thiophene rings is 1. The molecular weight excluding hydrogens is 388 g/mol. The van der Waals surface area contributed by atoms with Crippen molar-refractivity contribution in [3.05, 3.63) is 51.4 Å². The van der Waals surface area contributed by atoms with Gasteiger partial charge in [-0.3, -0.25) is 14.4 Å². The van der Waals surface area contributed by atoms with Crippen molar-refractivity contribution in [1.82, 2.24) is 5.32 Å². The van der Waals surface area contributed by atoms with Crippen LogP contribution in [0.3, 0.4) is 0 Å². The molecule has 154 valence electrons. The molecule has 0 spiro atoms. The van der Waals surface area contributed by atoms with Gasteiger partial charge in [-0.25, -0.2) is 0 Å². The van der Waals surface area contributed by atoms with Crippen molar-refractivity contribution in [1.29, 1.82) is 0 Å². The minimum atomic E-state index is -0.721. The van der Waals surface area contributed by atoms with E-state index in [1.54, 1.807) is 31.4 Å². The van der Waals surface area contributed by atoms with Crippen LogP contribution in [0.25, 0.3) is 0 Å². The summed E-state index contributed by atoms with van der Waals surface area (Å²) in [5.41, 5.74) is 2.86. The lowest BCUT2D eigenvalue weighted by atomic mass is 9.95. The summed E-state index contributed by atoms with van der Waals surface area (Å²) < 4.78 is 5.01. The van der Waals surface area contributed by atoms with Crippen LogP contribution in [0.2, 0.25) is 0 Å². The van der Waals surface area contributed by atoms with Crippen LogP contribution in [-0.4, -0.2) is 37.9 Å². The number of carbonyl (C=O) groups is 3. The van der Waals surface area contributed by atoms with E-state index in [4.69, 9.17) is 4.74 Å². The number of ketones is 1. The molecule has 1 aliphatic rings. The van der Waals surface area contributed by atoms with E-state index in [1.807, 2.05) is 6.92 Å². The molecule has 0 saturated carbocycles. The monoisotopic (exact) mass is 414 g/mol. The average Bonchev–Trinajstić information content (AvgIpc) is 3.09. The van der Waals surface area contributed by atoms with Crippen molar-refractivity contribution in [2.45, 2.75) is 39.0 Å². The van der Waals surface area contributed by atoms with Gasteiger partial charge >= 0.3 is 0 Å². The second-order valence-corrected chi connectivity index (χ2v) is 8.27. The van der Waals surface area contributed by atoms with Gasteiger partial charge in [-0.15, -0.1) is 11.3 Å². The molecule has 0 unspecified atom stereocenters. The maximum atomic E-state index is 12.8. The van der Waals surface area contributed by atoms with Gasteiger partial charge < -0.3 is 15.4 Å². The largest absolute Gasteiger partial charge is 0.385 e. The summed E-state index contributed by atoms with van der Waals surface area (Å²) in [6.45, 7) is 2.98. The molecule has 0 fully saturated rings. The van der Waals surface area contributed by atoms with Gasteiger partial charge in [0.2, 0.25) is 0 Å². The molecule has 1 aliphatic carbocycles. The molecular formula is C22H26N2O4S. The van der Waals surface area contributed by atoms with Crippen LogP contribution >= 0.6 is 11.3 Å². The van der Waals surface area contributed by atoms with Crippen LogP contribution in [0.15, 0.2) is 24.3 Å². The predicted molar refractivity (Wildman–Crippen MR) is 114 cm³/mol. The number of hydrogen-bond acceptors (Lipinski definition) is 5. The number of benzene rings is 1. The van der Waals surface area contributed by atoms with Gasteiger partial charge in [0.15, 0.2) is 0 Å². The number of aryl methyl sites for hydroxylation is 2. The number of rotatable bonds is 8. The quantitative estimate of drug-likeness (QED) is 0.393. The Morgan fingerprint density at radius 1 is 1.10 bits per heavy atom. The lowest BCUT2D eigenvalue weighted by Crippen LogP contribution is -2.28. The summed E-state index contributed by atoms with van der Waals surface area (Å²) in [7, 11) is 1.62. The summed E-state index contributed by atoms with van der Waals surface area (Å²) in [5.74, 6) is -1.54. The van der Waals surface area contributed by atoms with E-state index in [0.29, 0.717) is 35.7 Å². The molecule has 0 saturated heterocycles. The van der Waals surface area contributed by atoms with Gasteiger partial charge in [-0.1, -0.05) is 29.8 Å². The van der Waals surface area contributed by atoms with E-state index in [1.165, 1.54) is 11.3 Å². The number of anilines is 1. The van der Waals surface area contributed by atoms with E-state index >= 15 is 0 Å². The summed E-state index contributed by atoms with van der Waals surface area (Å²) in [6.07, 6.45) is 4.50. The number of carbonyl (C=O) groups excluding carboxylic acids is 3. The second-order valence-electron chi connectivity index (χ2n) is 7.17. The smallest absolute Gasteiger partial charge is 0.297 e. The molecule has 2 N–H and O–H groups in total. The number of fused-ring (bicyclic) bond motifs is 1. The zero-order valence-corrected chi connectivity index (χ0v) is 17.6. The van der Waals surface area contributed by atoms with Crippen LogP contribution in [0.5, 0.6) is 0 Å². The Bertz CT molecular complexity index is 902. The Morgan fingerprint density at radius 3 is 2.55 bits per heavy atom. The maximum Gasteiger partial charge on any atom is 0.297 e. The average molecular weight is 415 g/mol. The standard InChI is InChI=1S/C22H26N2O4S/c1-14-8-10-15(11-9-14)19(25)21(27)24-22-18(20(26)23-12-5-13-28-2)16-6-3-4-7-17(16)29-22/h8-11H,3-7,12-13H2,1-2H3,(H,23,26)(H,24,27). The normalized spacial score (nSPS) is 12.9. The van der Waals surface area contributed by atoms with Crippen LogP contribution in [0, 0.1) is 6.92 Å². The predicted octanol–water partition coefficient (Wildman–Crippen LogP) is 3.52. The SMILES string of the molecule is COCCCNC(=O)c1c(NC(=O)C(=O)c2ccc(C)cc2)sc2c1CCCC2. The number of ether oxygens (including phenoxy) is 1. The second kappa shape index (κ2) is 9.80.